The van der Waals surface area contributed by atoms with Gasteiger partial charge >= 0.3 is 0 Å². The van der Waals surface area contributed by atoms with Crippen molar-refractivity contribution in [2.75, 3.05) is 32.5 Å². The van der Waals surface area contributed by atoms with Crippen LogP contribution in [0.1, 0.15) is 18.4 Å². The van der Waals surface area contributed by atoms with Crippen LogP contribution in [0.15, 0.2) is 30.5 Å². The maximum Gasteiger partial charge on any atom is 0.208 e. The molecule has 1 atom stereocenters. The number of hydrogen-bond acceptors (Lipinski definition) is 4. The van der Waals surface area contributed by atoms with E-state index in [0.717, 1.165) is 39.1 Å². The smallest absolute Gasteiger partial charge is 0.208 e. The molecule has 2 aliphatic heterocycles. The van der Waals surface area contributed by atoms with Crippen LogP contribution in [0.3, 0.4) is 0 Å². The average Bonchev–Trinajstić information content (AvgIpc) is 3.13. The molecule has 0 aliphatic carbocycles. The zero-order valence-electron chi connectivity index (χ0n) is 14.5. The fourth-order valence-corrected chi connectivity index (χ4v) is 4.80. The van der Waals surface area contributed by atoms with Crippen molar-refractivity contribution in [1.29, 1.82) is 0 Å². The Labute approximate surface area is 148 Å². The van der Waals surface area contributed by atoms with Crippen LogP contribution in [-0.4, -0.2) is 56.4 Å². The number of likely N-dealkylation sites (tertiary alicyclic amines) is 1. The van der Waals surface area contributed by atoms with E-state index in [1.54, 1.807) is 0 Å². The Morgan fingerprint density at radius 3 is 3.00 bits per heavy atom. The Bertz CT molecular complexity index is 855. The molecule has 2 N–H and O–H groups in total. The molecule has 0 unspecified atom stereocenters. The van der Waals surface area contributed by atoms with E-state index in [4.69, 9.17) is 4.74 Å². The Morgan fingerprint density at radius 1 is 1.36 bits per heavy atom. The number of nitrogens with zero attached hydrogens (tertiary/aromatic N) is 1. The summed E-state index contributed by atoms with van der Waals surface area (Å²) in [7, 11) is -3.11. The van der Waals surface area contributed by atoms with Crippen molar-refractivity contribution in [3.05, 3.63) is 36.0 Å². The molecule has 136 valence electrons. The molecule has 3 heterocycles. The third-order valence-electron chi connectivity index (χ3n) is 5.52. The number of benzene rings is 1. The van der Waals surface area contributed by atoms with Crippen LogP contribution in [0.4, 0.5) is 0 Å². The van der Waals surface area contributed by atoms with Crippen LogP contribution < -0.4 is 4.72 Å². The first-order chi connectivity index (χ1) is 12.0. The summed E-state index contributed by atoms with van der Waals surface area (Å²) in [6, 6.07) is 8.51. The van der Waals surface area contributed by atoms with E-state index in [0.29, 0.717) is 12.5 Å². The number of rotatable bonds is 6. The average molecular weight is 363 g/mol. The zero-order valence-corrected chi connectivity index (χ0v) is 15.3. The Hall–Kier alpha value is -1.41. The zero-order chi connectivity index (χ0) is 17.5. The topological polar surface area (TPSA) is 74.4 Å². The van der Waals surface area contributed by atoms with Crippen molar-refractivity contribution < 1.29 is 13.2 Å². The normalized spacial score (nSPS) is 23.3. The van der Waals surface area contributed by atoms with Gasteiger partial charge in [0.15, 0.2) is 0 Å². The van der Waals surface area contributed by atoms with Gasteiger partial charge in [-0.3, -0.25) is 4.90 Å². The van der Waals surface area contributed by atoms with E-state index in [2.05, 4.69) is 38.9 Å². The molecule has 2 saturated heterocycles. The summed E-state index contributed by atoms with van der Waals surface area (Å²) in [4.78, 5) is 5.68. The van der Waals surface area contributed by atoms with Crippen molar-refractivity contribution in [1.82, 2.24) is 14.6 Å². The minimum Gasteiger partial charge on any atom is -0.372 e. The van der Waals surface area contributed by atoms with Gasteiger partial charge in [-0.2, -0.15) is 0 Å². The highest BCUT2D eigenvalue weighted by Crippen LogP contribution is 2.42. The first-order valence-electron chi connectivity index (χ1n) is 8.81. The number of fused-ring (bicyclic) bond motifs is 1. The summed E-state index contributed by atoms with van der Waals surface area (Å²) in [5.74, 6) is 0.432. The van der Waals surface area contributed by atoms with Gasteiger partial charge in [-0.05, 0) is 36.5 Å². The van der Waals surface area contributed by atoms with E-state index in [1.165, 1.54) is 22.7 Å². The maximum atomic E-state index is 11.2. The summed E-state index contributed by atoms with van der Waals surface area (Å²) in [5.41, 5.74) is 2.43. The third kappa shape index (κ3) is 3.46. The van der Waals surface area contributed by atoms with Crippen LogP contribution >= 0.6 is 0 Å². The summed E-state index contributed by atoms with van der Waals surface area (Å²) in [5, 5.41) is 1.28. The second kappa shape index (κ2) is 6.39. The number of aromatic nitrogens is 1. The van der Waals surface area contributed by atoms with Gasteiger partial charge in [0, 0.05) is 49.9 Å². The largest absolute Gasteiger partial charge is 0.372 e. The van der Waals surface area contributed by atoms with Crippen LogP contribution in [-0.2, 0) is 21.3 Å². The number of hydrogen-bond donors (Lipinski definition) is 2. The molecule has 1 spiro atoms. The van der Waals surface area contributed by atoms with E-state index in [9.17, 15) is 8.42 Å². The fourth-order valence-electron chi connectivity index (χ4n) is 4.31. The van der Waals surface area contributed by atoms with Gasteiger partial charge in [-0.15, -0.1) is 0 Å². The first kappa shape index (κ1) is 17.0. The van der Waals surface area contributed by atoms with E-state index in [-0.39, 0.29) is 5.60 Å². The van der Waals surface area contributed by atoms with Crippen molar-refractivity contribution in [3.8, 4) is 0 Å². The van der Waals surface area contributed by atoms with Gasteiger partial charge in [0.05, 0.1) is 11.9 Å². The Morgan fingerprint density at radius 2 is 2.20 bits per heavy atom. The fraction of sp³-hybridized carbons (Fsp3) is 0.556. The number of ether oxygens (including phenoxy) is 1. The van der Waals surface area contributed by atoms with Gasteiger partial charge in [0.25, 0.3) is 0 Å². The summed E-state index contributed by atoms with van der Waals surface area (Å²) in [6.07, 6.45) is 5.05. The SMILES string of the molecule is CS(=O)(=O)NCC[C@H]1CCOC12CN(Cc1cccc3[nH]ccc13)C2. The third-order valence-corrected chi connectivity index (χ3v) is 6.25. The molecule has 2 fully saturated rings. The molecule has 1 aromatic heterocycles. The molecule has 0 saturated carbocycles. The molecular formula is C18H25N3O3S. The first-order valence-corrected chi connectivity index (χ1v) is 10.7. The predicted molar refractivity (Wildman–Crippen MR) is 97.8 cm³/mol. The van der Waals surface area contributed by atoms with Gasteiger partial charge in [0.2, 0.25) is 10.0 Å². The van der Waals surface area contributed by atoms with E-state index < -0.39 is 10.0 Å². The second-order valence-corrected chi connectivity index (χ2v) is 9.19. The van der Waals surface area contributed by atoms with Crippen molar-refractivity contribution in [3.63, 3.8) is 0 Å². The summed E-state index contributed by atoms with van der Waals surface area (Å²) < 4.78 is 31.2. The maximum absolute atomic E-state index is 11.2. The Kier molecular flexibility index (Phi) is 4.35. The van der Waals surface area contributed by atoms with Crippen molar-refractivity contribution in [2.24, 2.45) is 5.92 Å². The second-order valence-electron chi connectivity index (χ2n) is 7.36. The number of sulfonamides is 1. The summed E-state index contributed by atoms with van der Waals surface area (Å²) >= 11 is 0. The van der Waals surface area contributed by atoms with E-state index in [1.807, 2.05) is 6.20 Å². The van der Waals surface area contributed by atoms with Gasteiger partial charge < -0.3 is 9.72 Å². The van der Waals surface area contributed by atoms with Crippen LogP contribution in [0, 0.1) is 5.92 Å². The quantitative estimate of drug-likeness (QED) is 0.819. The van der Waals surface area contributed by atoms with Gasteiger partial charge in [0.1, 0.15) is 0 Å². The molecule has 0 radical (unpaired) electrons. The standard InChI is InChI=1S/C18H25N3O3S/c1-25(22,23)20-9-5-15-7-10-24-18(15)12-21(13-18)11-14-3-2-4-17-16(14)6-8-19-17/h2-4,6,8,15,19-20H,5,7,9-13H2,1H3/t15-/m0/s1. The highest BCUT2D eigenvalue weighted by Gasteiger charge is 2.52. The monoisotopic (exact) mass is 363 g/mol. The van der Waals surface area contributed by atoms with Gasteiger partial charge in [-0.25, -0.2) is 13.1 Å². The lowest BCUT2D eigenvalue weighted by Crippen LogP contribution is -2.64. The molecular weight excluding hydrogens is 338 g/mol. The molecule has 4 rings (SSSR count). The summed E-state index contributed by atoms with van der Waals surface area (Å²) in [6.45, 7) is 4.06. The Balaban J connectivity index is 1.36. The van der Waals surface area contributed by atoms with Crippen molar-refractivity contribution >= 4 is 20.9 Å². The molecule has 7 heteroatoms. The van der Waals surface area contributed by atoms with E-state index >= 15 is 0 Å². The molecule has 2 aliphatic rings. The molecule has 0 amide bonds. The van der Waals surface area contributed by atoms with Crippen molar-refractivity contribution in [2.45, 2.75) is 25.0 Å². The highest BCUT2D eigenvalue weighted by molar-refractivity contribution is 7.88. The number of nitrogens with one attached hydrogen (secondary N) is 2. The lowest BCUT2D eigenvalue weighted by atomic mass is 9.79. The van der Waals surface area contributed by atoms with Crippen LogP contribution in [0.2, 0.25) is 0 Å². The highest BCUT2D eigenvalue weighted by atomic mass is 32.2. The molecule has 1 aromatic carbocycles. The molecule has 0 bridgehead atoms. The van der Waals surface area contributed by atoms with Crippen LogP contribution in [0.25, 0.3) is 10.9 Å². The minimum atomic E-state index is -3.11. The molecule has 25 heavy (non-hydrogen) atoms. The predicted octanol–water partition coefficient (Wildman–Crippen LogP) is 1.70. The van der Waals surface area contributed by atoms with Crippen LogP contribution in [0.5, 0.6) is 0 Å². The number of H-pyrrole nitrogens is 1. The molecule has 2 aromatic rings. The molecule has 6 nitrogen and oxygen atoms in total. The lowest BCUT2D eigenvalue weighted by Gasteiger charge is -2.50. The lowest BCUT2D eigenvalue weighted by molar-refractivity contribution is -0.136. The minimum absolute atomic E-state index is 0.0781. The number of aromatic amines is 1. The van der Waals surface area contributed by atoms with Gasteiger partial charge in [-0.1, -0.05) is 12.1 Å².